The van der Waals surface area contributed by atoms with Gasteiger partial charge in [-0.1, -0.05) is 22.6 Å². The van der Waals surface area contributed by atoms with Crippen LogP contribution in [-0.4, -0.2) is 34.1 Å². The Morgan fingerprint density at radius 2 is 2.27 bits per heavy atom. The monoisotopic (exact) mass is 271 g/mol. The van der Waals surface area contributed by atoms with Crippen LogP contribution in [0.4, 0.5) is 4.39 Å². The Kier molecular flexibility index (Phi) is 3.14. The topological polar surface area (TPSA) is 3.24 Å². The summed E-state index contributed by atoms with van der Waals surface area (Å²) in [5.74, 6) is 0. The van der Waals surface area contributed by atoms with E-state index in [-0.39, 0.29) is 10.1 Å². The second-order valence-electron chi connectivity index (χ2n) is 3.60. The van der Waals surface area contributed by atoms with Crippen LogP contribution in [0.5, 0.6) is 0 Å². The molecule has 1 nitrogen and oxygen atoms in total. The van der Waals surface area contributed by atoms with Gasteiger partial charge in [-0.15, -0.1) is 0 Å². The van der Waals surface area contributed by atoms with Crippen molar-refractivity contribution in [2.75, 3.05) is 19.8 Å². The molecule has 1 rings (SSSR count). The average molecular weight is 271 g/mol. The van der Waals surface area contributed by atoms with Crippen molar-refractivity contribution in [3.05, 3.63) is 0 Å². The molecule has 0 saturated carbocycles. The molecule has 0 unspecified atom stereocenters. The standard InChI is InChI=1S/C8H15FIN/c1-7(2)11-4-3-8(10,5-9)6-11/h7H,3-6H2,1-2H3/t8-/m0/s1. The van der Waals surface area contributed by atoms with Gasteiger partial charge in [0.1, 0.15) is 6.67 Å². The van der Waals surface area contributed by atoms with Crippen molar-refractivity contribution in [2.45, 2.75) is 29.7 Å². The molecule has 1 aliphatic heterocycles. The zero-order chi connectivity index (χ0) is 8.48. The van der Waals surface area contributed by atoms with Gasteiger partial charge in [-0.05, 0) is 26.8 Å². The zero-order valence-electron chi connectivity index (χ0n) is 7.11. The van der Waals surface area contributed by atoms with E-state index in [1.165, 1.54) is 0 Å². The van der Waals surface area contributed by atoms with Crippen molar-refractivity contribution in [2.24, 2.45) is 0 Å². The van der Waals surface area contributed by atoms with E-state index in [1.54, 1.807) is 0 Å². The second kappa shape index (κ2) is 3.56. The molecule has 0 N–H and O–H groups in total. The fourth-order valence-electron chi connectivity index (χ4n) is 1.42. The van der Waals surface area contributed by atoms with Gasteiger partial charge in [0.2, 0.25) is 0 Å². The number of hydrogen-bond acceptors (Lipinski definition) is 1. The van der Waals surface area contributed by atoms with E-state index in [4.69, 9.17) is 0 Å². The molecule has 0 aromatic heterocycles. The molecule has 1 aliphatic rings. The van der Waals surface area contributed by atoms with Gasteiger partial charge in [0.25, 0.3) is 0 Å². The molecule has 3 heteroatoms. The first-order chi connectivity index (χ1) is 5.07. The fraction of sp³-hybridized carbons (Fsp3) is 1.00. The molecule has 1 atom stereocenters. The smallest absolute Gasteiger partial charge is 0.105 e. The summed E-state index contributed by atoms with van der Waals surface area (Å²) in [7, 11) is 0. The highest BCUT2D eigenvalue weighted by molar-refractivity contribution is 14.1. The van der Waals surface area contributed by atoms with E-state index >= 15 is 0 Å². The van der Waals surface area contributed by atoms with Gasteiger partial charge in [0.15, 0.2) is 0 Å². The molecule has 11 heavy (non-hydrogen) atoms. The lowest BCUT2D eigenvalue weighted by molar-refractivity contribution is 0.265. The van der Waals surface area contributed by atoms with Gasteiger partial charge in [-0.2, -0.15) is 0 Å². The molecule has 66 valence electrons. The Balaban J connectivity index is 2.46. The van der Waals surface area contributed by atoms with Crippen molar-refractivity contribution >= 4 is 22.6 Å². The van der Waals surface area contributed by atoms with E-state index in [1.807, 2.05) is 0 Å². The minimum absolute atomic E-state index is 0.0813. The summed E-state index contributed by atoms with van der Waals surface area (Å²) >= 11 is 2.26. The van der Waals surface area contributed by atoms with E-state index < -0.39 is 0 Å². The predicted octanol–water partition coefficient (Wildman–Crippen LogP) is 2.24. The first-order valence-electron chi connectivity index (χ1n) is 4.06. The molecule has 0 bridgehead atoms. The summed E-state index contributed by atoms with van der Waals surface area (Å²) in [6.45, 7) is 6.13. The lowest BCUT2D eigenvalue weighted by Gasteiger charge is -2.22. The van der Waals surface area contributed by atoms with E-state index in [0.29, 0.717) is 6.04 Å². The van der Waals surface area contributed by atoms with Gasteiger partial charge in [-0.25, -0.2) is 4.39 Å². The van der Waals surface area contributed by atoms with Crippen LogP contribution in [0.1, 0.15) is 20.3 Å². The highest BCUT2D eigenvalue weighted by Crippen LogP contribution is 2.32. The van der Waals surface area contributed by atoms with Crippen LogP contribution in [0.25, 0.3) is 0 Å². The Labute approximate surface area is 81.5 Å². The maximum atomic E-state index is 12.5. The molecule has 0 radical (unpaired) electrons. The van der Waals surface area contributed by atoms with Crippen LogP contribution in [0.3, 0.4) is 0 Å². The van der Waals surface area contributed by atoms with Gasteiger partial charge in [0.05, 0.1) is 3.42 Å². The average Bonchev–Trinajstić information content (AvgIpc) is 2.33. The van der Waals surface area contributed by atoms with Crippen LogP contribution < -0.4 is 0 Å². The van der Waals surface area contributed by atoms with E-state index in [0.717, 1.165) is 19.5 Å². The quantitative estimate of drug-likeness (QED) is 0.550. The van der Waals surface area contributed by atoms with Crippen LogP contribution in [0.2, 0.25) is 0 Å². The van der Waals surface area contributed by atoms with Crippen molar-refractivity contribution in [3.8, 4) is 0 Å². The maximum absolute atomic E-state index is 12.5. The molecular weight excluding hydrogens is 256 g/mol. The number of halogens is 2. The normalized spacial score (nSPS) is 33.5. The predicted molar refractivity (Wildman–Crippen MR) is 54.1 cm³/mol. The van der Waals surface area contributed by atoms with E-state index in [9.17, 15) is 4.39 Å². The zero-order valence-corrected chi connectivity index (χ0v) is 9.27. The number of alkyl halides is 2. The SMILES string of the molecule is CC(C)N1CC[C@](I)(CF)C1. The second-order valence-corrected chi connectivity index (χ2v) is 5.89. The van der Waals surface area contributed by atoms with E-state index in [2.05, 4.69) is 41.3 Å². The van der Waals surface area contributed by atoms with Gasteiger partial charge < -0.3 is 0 Å². The molecule has 1 saturated heterocycles. The summed E-state index contributed by atoms with van der Waals surface area (Å²) in [6.07, 6.45) is 1.00. The Hall–Kier alpha value is 0.620. The number of rotatable bonds is 2. The highest BCUT2D eigenvalue weighted by atomic mass is 127. The molecule has 0 amide bonds. The Morgan fingerprint density at radius 3 is 2.55 bits per heavy atom. The molecule has 0 aliphatic carbocycles. The largest absolute Gasteiger partial charge is 0.299 e. The molecule has 0 aromatic carbocycles. The molecule has 0 spiro atoms. The Bertz CT molecular complexity index is 140. The highest BCUT2D eigenvalue weighted by Gasteiger charge is 2.36. The van der Waals surface area contributed by atoms with Crippen molar-refractivity contribution in [1.29, 1.82) is 0 Å². The Morgan fingerprint density at radius 1 is 1.64 bits per heavy atom. The summed E-state index contributed by atoms with van der Waals surface area (Å²) < 4.78 is 12.4. The molecular formula is C8H15FIN. The summed E-state index contributed by atoms with van der Waals surface area (Å²) in [6, 6.07) is 0.568. The van der Waals surface area contributed by atoms with Gasteiger partial charge >= 0.3 is 0 Å². The van der Waals surface area contributed by atoms with Gasteiger partial charge in [-0.3, -0.25) is 4.90 Å². The minimum Gasteiger partial charge on any atom is -0.299 e. The molecule has 1 fully saturated rings. The molecule has 1 heterocycles. The summed E-state index contributed by atoms with van der Waals surface area (Å²) in [5, 5.41) is 0. The summed E-state index contributed by atoms with van der Waals surface area (Å²) in [4.78, 5) is 2.34. The third-order valence-corrected chi connectivity index (χ3v) is 3.47. The molecule has 0 aromatic rings. The van der Waals surface area contributed by atoms with Crippen molar-refractivity contribution < 1.29 is 4.39 Å². The summed E-state index contributed by atoms with van der Waals surface area (Å²) in [5.41, 5.74) is 0. The lowest BCUT2D eigenvalue weighted by Crippen LogP contribution is -2.33. The third-order valence-electron chi connectivity index (χ3n) is 2.30. The number of nitrogens with zero attached hydrogens (tertiary/aromatic N) is 1. The lowest BCUT2D eigenvalue weighted by atomic mass is 10.1. The first-order valence-corrected chi connectivity index (χ1v) is 5.14. The van der Waals surface area contributed by atoms with Crippen LogP contribution in [0.15, 0.2) is 0 Å². The number of likely N-dealkylation sites (tertiary alicyclic amines) is 1. The fourth-order valence-corrected chi connectivity index (χ4v) is 2.10. The van der Waals surface area contributed by atoms with Crippen LogP contribution in [-0.2, 0) is 0 Å². The van der Waals surface area contributed by atoms with Crippen molar-refractivity contribution in [3.63, 3.8) is 0 Å². The van der Waals surface area contributed by atoms with Gasteiger partial charge in [0, 0.05) is 12.6 Å². The first kappa shape index (κ1) is 9.71. The maximum Gasteiger partial charge on any atom is 0.105 e. The minimum atomic E-state index is -0.184. The number of hydrogen-bond donors (Lipinski definition) is 0. The third kappa shape index (κ3) is 2.28. The van der Waals surface area contributed by atoms with Crippen molar-refractivity contribution in [1.82, 2.24) is 4.90 Å². The van der Waals surface area contributed by atoms with Crippen LogP contribution in [0, 0.1) is 0 Å². The van der Waals surface area contributed by atoms with Crippen LogP contribution >= 0.6 is 22.6 Å².